The summed E-state index contributed by atoms with van der Waals surface area (Å²) in [6.07, 6.45) is 12.4. The average molecular weight is 357 g/mol. The molecule has 26 heavy (non-hydrogen) atoms. The van der Waals surface area contributed by atoms with Gasteiger partial charge in [-0.2, -0.15) is 0 Å². The van der Waals surface area contributed by atoms with Gasteiger partial charge in [-0.25, -0.2) is 5.48 Å². The molecule has 142 valence electrons. The number of nitrogens with zero attached hydrogens (tertiary/aromatic N) is 1. The summed E-state index contributed by atoms with van der Waals surface area (Å²) >= 11 is 0. The van der Waals surface area contributed by atoms with Crippen LogP contribution in [0.2, 0.25) is 0 Å². The van der Waals surface area contributed by atoms with Gasteiger partial charge in [-0.1, -0.05) is 37.5 Å². The highest BCUT2D eigenvalue weighted by Crippen LogP contribution is 2.26. The van der Waals surface area contributed by atoms with Crippen molar-refractivity contribution in [2.45, 2.75) is 51.0 Å². The number of benzene rings is 1. The summed E-state index contributed by atoms with van der Waals surface area (Å²) < 4.78 is 0. The first-order valence-corrected chi connectivity index (χ1v) is 9.96. The molecule has 0 radical (unpaired) electrons. The van der Waals surface area contributed by atoms with E-state index in [1.165, 1.54) is 44.7 Å². The van der Waals surface area contributed by atoms with Crippen LogP contribution in [0.4, 0.5) is 5.69 Å². The zero-order chi connectivity index (χ0) is 18.2. The fourth-order valence-corrected chi connectivity index (χ4v) is 4.17. The molecule has 1 saturated heterocycles. The molecule has 1 aromatic rings. The number of hydrogen-bond acceptors (Lipinski definition) is 4. The number of amides is 1. The molecule has 5 nitrogen and oxygen atoms in total. The van der Waals surface area contributed by atoms with Crippen LogP contribution in [0.3, 0.4) is 0 Å². The van der Waals surface area contributed by atoms with Crippen LogP contribution >= 0.6 is 0 Å². The summed E-state index contributed by atoms with van der Waals surface area (Å²) in [6, 6.07) is 8.73. The third-order valence-corrected chi connectivity index (χ3v) is 5.72. The molecule has 0 aromatic heterocycles. The fraction of sp³-hybridized carbons (Fsp3) is 0.571. The van der Waals surface area contributed by atoms with Crippen molar-refractivity contribution >= 4 is 17.7 Å². The molecule has 1 aliphatic carbocycles. The summed E-state index contributed by atoms with van der Waals surface area (Å²) in [4.78, 5) is 13.6. The monoisotopic (exact) mass is 357 g/mol. The highest BCUT2D eigenvalue weighted by atomic mass is 16.5. The largest absolute Gasteiger partial charge is 0.371 e. The zero-order valence-corrected chi connectivity index (χ0v) is 15.5. The van der Waals surface area contributed by atoms with Gasteiger partial charge in [0.25, 0.3) is 5.91 Å². The second-order valence-corrected chi connectivity index (χ2v) is 7.54. The van der Waals surface area contributed by atoms with Crippen molar-refractivity contribution in [3.8, 4) is 0 Å². The van der Waals surface area contributed by atoms with Crippen molar-refractivity contribution in [1.82, 2.24) is 10.8 Å². The Labute approximate surface area is 156 Å². The number of anilines is 1. The summed E-state index contributed by atoms with van der Waals surface area (Å²) in [6.45, 7) is 3.24. The zero-order valence-electron chi connectivity index (χ0n) is 15.5. The van der Waals surface area contributed by atoms with Crippen LogP contribution in [0.5, 0.6) is 0 Å². The van der Waals surface area contributed by atoms with Crippen LogP contribution in [-0.2, 0) is 4.79 Å². The van der Waals surface area contributed by atoms with Crippen molar-refractivity contribution in [2.75, 3.05) is 24.5 Å². The molecule has 2 fully saturated rings. The molecule has 1 heterocycles. The minimum absolute atomic E-state index is 0.509. The minimum atomic E-state index is -0.509. The maximum absolute atomic E-state index is 11.2. The van der Waals surface area contributed by atoms with Crippen LogP contribution in [0.15, 0.2) is 30.3 Å². The van der Waals surface area contributed by atoms with E-state index in [1.807, 2.05) is 18.2 Å². The number of carbonyl (C=O) groups excluding carboxylic acids is 1. The van der Waals surface area contributed by atoms with Crippen molar-refractivity contribution < 1.29 is 10.0 Å². The number of nitrogens with one attached hydrogen (secondary N) is 2. The molecule has 2 aliphatic rings. The Morgan fingerprint density at radius 3 is 2.58 bits per heavy atom. The Morgan fingerprint density at radius 1 is 1.12 bits per heavy atom. The smallest absolute Gasteiger partial charge is 0.267 e. The predicted octanol–water partition coefficient (Wildman–Crippen LogP) is 3.34. The number of hydroxylamine groups is 1. The Balaban J connectivity index is 1.51. The maximum atomic E-state index is 11.2. The molecular weight excluding hydrogens is 326 g/mol. The third kappa shape index (κ3) is 5.32. The third-order valence-electron chi connectivity index (χ3n) is 5.72. The van der Waals surface area contributed by atoms with E-state index in [0.29, 0.717) is 6.04 Å². The quantitative estimate of drug-likeness (QED) is 0.415. The molecule has 3 N–H and O–H groups in total. The second-order valence-electron chi connectivity index (χ2n) is 7.54. The molecule has 1 aromatic carbocycles. The maximum Gasteiger partial charge on any atom is 0.267 e. The van der Waals surface area contributed by atoms with Crippen LogP contribution < -0.4 is 15.7 Å². The number of hydrogen-bond donors (Lipinski definition) is 3. The lowest BCUT2D eigenvalue weighted by atomic mass is 9.89. The average Bonchev–Trinajstić information content (AvgIpc) is 2.72. The fourth-order valence-electron chi connectivity index (χ4n) is 4.17. The predicted molar refractivity (Wildman–Crippen MR) is 105 cm³/mol. The Kier molecular flexibility index (Phi) is 7.09. The summed E-state index contributed by atoms with van der Waals surface area (Å²) in [7, 11) is 0. The molecular formula is C21H31N3O2. The van der Waals surface area contributed by atoms with E-state index in [-0.39, 0.29) is 0 Å². The van der Waals surface area contributed by atoms with Gasteiger partial charge in [0.15, 0.2) is 0 Å². The number of carbonyl (C=O) groups is 1. The van der Waals surface area contributed by atoms with E-state index in [1.54, 1.807) is 11.6 Å². The molecule has 1 aliphatic heterocycles. The van der Waals surface area contributed by atoms with Crippen molar-refractivity contribution in [2.24, 2.45) is 5.92 Å². The Hall–Kier alpha value is -1.85. The highest BCUT2D eigenvalue weighted by Gasteiger charge is 2.21. The van der Waals surface area contributed by atoms with E-state index < -0.39 is 5.91 Å². The molecule has 0 atom stereocenters. The van der Waals surface area contributed by atoms with Crippen LogP contribution in [0.1, 0.15) is 50.5 Å². The van der Waals surface area contributed by atoms with Gasteiger partial charge < -0.3 is 10.2 Å². The summed E-state index contributed by atoms with van der Waals surface area (Å²) in [5, 5.41) is 12.4. The van der Waals surface area contributed by atoms with Gasteiger partial charge in [0.2, 0.25) is 0 Å². The van der Waals surface area contributed by atoms with Gasteiger partial charge in [0.1, 0.15) is 0 Å². The number of piperidine rings is 1. The lowest BCUT2D eigenvalue weighted by Gasteiger charge is -2.35. The molecule has 5 heteroatoms. The van der Waals surface area contributed by atoms with E-state index in [2.05, 4.69) is 16.3 Å². The summed E-state index contributed by atoms with van der Waals surface area (Å²) in [5.74, 6) is 0.371. The molecule has 1 amide bonds. The lowest BCUT2D eigenvalue weighted by molar-refractivity contribution is -0.124. The first-order valence-electron chi connectivity index (χ1n) is 9.96. The van der Waals surface area contributed by atoms with Crippen LogP contribution in [0, 0.1) is 5.92 Å². The van der Waals surface area contributed by atoms with Gasteiger partial charge in [-0.05, 0) is 55.9 Å². The van der Waals surface area contributed by atoms with Gasteiger partial charge >= 0.3 is 0 Å². The number of rotatable bonds is 6. The number of para-hydroxylation sites is 1. The van der Waals surface area contributed by atoms with Crippen LogP contribution in [0.25, 0.3) is 6.08 Å². The molecule has 3 rings (SSSR count). The van der Waals surface area contributed by atoms with Gasteiger partial charge in [0.05, 0.1) is 0 Å². The highest BCUT2D eigenvalue weighted by molar-refractivity contribution is 5.91. The normalized spacial score (nSPS) is 19.8. The standard InChI is InChI=1S/C21H31N3O2/c25-21(23-26)11-10-18-8-4-5-9-20(18)24-14-12-19(13-15-24)22-16-17-6-2-1-3-7-17/h4-5,8-11,17,19,22,26H,1-3,6-7,12-16H2,(H,23,25). The van der Waals surface area contributed by atoms with Gasteiger partial charge in [0, 0.05) is 30.9 Å². The molecule has 0 unspecified atom stereocenters. The lowest BCUT2D eigenvalue weighted by Crippen LogP contribution is -2.44. The first kappa shape index (κ1) is 18.9. The van der Waals surface area contributed by atoms with E-state index in [0.717, 1.165) is 43.1 Å². The summed E-state index contributed by atoms with van der Waals surface area (Å²) in [5.41, 5.74) is 3.79. The minimum Gasteiger partial charge on any atom is -0.371 e. The molecule has 0 bridgehead atoms. The Bertz CT molecular complexity index is 603. The van der Waals surface area contributed by atoms with Crippen molar-refractivity contribution in [3.63, 3.8) is 0 Å². The van der Waals surface area contributed by atoms with E-state index >= 15 is 0 Å². The van der Waals surface area contributed by atoms with Gasteiger partial charge in [-0.15, -0.1) is 0 Å². The Morgan fingerprint density at radius 2 is 1.85 bits per heavy atom. The van der Waals surface area contributed by atoms with Crippen molar-refractivity contribution in [1.29, 1.82) is 0 Å². The van der Waals surface area contributed by atoms with Gasteiger partial charge in [-0.3, -0.25) is 10.0 Å². The molecule has 1 saturated carbocycles. The SMILES string of the molecule is O=C(C=Cc1ccccc1N1CCC(NCC2CCCCC2)CC1)NO. The van der Waals surface area contributed by atoms with Crippen LogP contribution in [-0.4, -0.2) is 36.8 Å². The van der Waals surface area contributed by atoms with E-state index in [4.69, 9.17) is 5.21 Å². The first-order chi connectivity index (χ1) is 12.8. The van der Waals surface area contributed by atoms with Crippen molar-refractivity contribution in [3.05, 3.63) is 35.9 Å². The molecule has 0 spiro atoms. The van der Waals surface area contributed by atoms with E-state index in [9.17, 15) is 4.79 Å². The second kappa shape index (κ2) is 9.74. The topological polar surface area (TPSA) is 64.6 Å².